The fraction of sp³-hybridized carbons (Fsp3) is 0.250. The van der Waals surface area contributed by atoms with Crippen molar-refractivity contribution in [3.05, 3.63) is 35.0 Å². The molecule has 84 valence electrons. The maximum absolute atomic E-state index is 13.4. The molecule has 1 heterocycles. The maximum atomic E-state index is 13.4. The Balaban J connectivity index is 2.39. The van der Waals surface area contributed by atoms with E-state index in [2.05, 4.69) is 0 Å². The smallest absolute Gasteiger partial charge is 0.306 e. The number of carbonyl (C=O) groups is 1. The lowest BCUT2D eigenvalue weighted by Crippen LogP contribution is -2.11. The van der Waals surface area contributed by atoms with Gasteiger partial charge in [-0.15, -0.1) is 11.3 Å². The topological polar surface area (TPSA) is 37.3 Å². The first-order chi connectivity index (χ1) is 7.59. The quantitative estimate of drug-likeness (QED) is 0.890. The summed E-state index contributed by atoms with van der Waals surface area (Å²) in [6.45, 7) is 1.66. The Morgan fingerprint density at radius 2 is 2.31 bits per heavy atom. The van der Waals surface area contributed by atoms with Crippen LogP contribution in [0, 0.1) is 11.7 Å². The number of carboxylic acid groups (broad SMARTS) is 1. The molecule has 1 atom stereocenters. The van der Waals surface area contributed by atoms with Crippen molar-refractivity contribution >= 4 is 27.4 Å². The third-order valence-electron chi connectivity index (χ3n) is 2.58. The molecule has 0 saturated heterocycles. The van der Waals surface area contributed by atoms with Gasteiger partial charge in [0, 0.05) is 0 Å². The second-order valence-electron chi connectivity index (χ2n) is 3.82. The number of hydrogen-bond acceptors (Lipinski definition) is 2. The Kier molecular flexibility index (Phi) is 2.92. The molecule has 0 aliphatic rings. The van der Waals surface area contributed by atoms with Crippen LogP contribution in [0.2, 0.25) is 0 Å². The predicted molar refractivity (Wildman–Crippen MR) is 62.3 cm³/mol. The van der Waals surface area contributed by atoms with E-state index in [0.717, 1.165) is 10.9 Å². The Hall–Kier alpha value is -1.42. The van der Waals surface area contributed by atoms with Gasteiger partial charge in [0.05, 0.1) is 10.6 Å². The van der Waals surface area contributed by atoms with E-state index in [1.54, 1.807) is 13.0 Å². The van der Waals surface area contributed by atoms with Crippen molar-refractivity contribution in [2.75, 3.05) is 0 Å². The minimum absolute atomic E-state index is 0.239. The first-order valence-corrected chi connectivity index (χ1v) is 5.85. The van der Waals surface area contributed by atoms with Crippen LogP contribution in [0.3, 0.4) is 0 Å². The number of rotatable bonds is 3. The normalized spacial score (nSPS) is 12.9. The summed E-state index contributed by atoms with van der Waals surface area (Å²) in [5, 5.41) is 11.5. The van der Waals surface area contributed by atoms with Gasteiger partial charge in [-0.1, -0.05) is 19.1 Å². The molecule has 1 aromatic heterocycles. The molecule has 2 aromatic rings. The summed E-state index contributed by atoms with van der Waals surface area (Å²) in [6, 6.07) is 4.90. The average Bonchev–Trinajstić information content (AvgIpc) is 2.63. The minimum atomic E-state index is -0.823. The Labute approximate surface area is 96.3 Å². The molecule has 1 N–H and O–H groups in total. The predicted octanol–water partition coefficient (Wildman–Crippen LogP) is 3.30. The highest BCUT2D eigenvalue weighted by molar-refractivity contribution is 7.17. The van der Waals surface area contributed by atoms with Crippen LogP contribution in [0.1, 0.15) is 12.5 Å². The van der Waals surface area contributed by atoms with Crippen molar-refractivity contribution in [3.8, 4) is 0 Å². The molecule has 0 aliphatic heterocycles. The first-order valence-electron chi connectivity index (χ1n) is 4.97. The zero-order valence-corrected chi connectivity index (χ0v) is 9.55. The summed E-state index contributed by atoms with van der Waals surface area (Å²) < 4.78 is 14.0. The van der Waals surface area contributed by atoms with Crippen molar-refractivity contribution in [3.63, 3.8) is 0 Å². The Morgan fingerprint density at radius 1 is 1.56 bits per heavy atom. The van der Waals surface area contributed by atoms with Crippen molar-refractivity contribution in [2.24, 2.45) is 5.92 Å². The lowest BCUT2D eigenvalue weighted by atomic mass is 10.0. The van der Waals surface area contributed by atoms with Gasteiger partial charge in [-0.2, -0.15) is 0 Å². The van der Waals surface area contributed by atoms with Gasteiger partial charge in [0.2, 0.25) is 0 Å². The van der Waals surface area contributed by atoms with Crippen LogP contribution in [-0.4, -0.2) is 11.1 Å². The summed E-state index contributed by atoms with van der Waals surface area (Å²) in [7, 11) is 0. The zero-order valence-electron chi connectivity index (χ0n) is 8.74. The molecule has 0 amide bonds. The van der Waals surface area contributed by atoms with Crippen LogP contribution in [0.25, 0.3) is 10.1 Å². The number of halogens is 1. The third kappa shape index (κ3) is 1.93. The van der Waals surface area contributed by atoms with Gasteiger partial charge in [-0.25, -0.2) is 4.39 Å². The van der Waals surface area contributed by atoms with Gasteiger partial charge in [-0.3, -0.25) is 4.79 Å². The SMILES string of the molecule is CC(Cc1csc2c(F)cccc12)C(=O)O. The second kappa shape index (κ2) is 4.22. The molecule has 4 heteroatoms. The molecule has 2 rings (SSSR count). The first kappa shape index (κ1) is 11.1. The summed E-state index contributed by atoms with van der Waals surface area (Å²) in [5.41, 5.74) is 0.911. The highest BCUT2D eigenvalue weighted by atomic mass is 32.1. The summed E-state index contributed by atoms with van der Waals surface area (Å²) in [5.74, 6) is -1.51. The van der Waals surface area contributed by atoms with Gasteiger partial charge in [-0.05, 0) is 28.8 Å². The van der Waals surface area contributed by atoms with Crippen LogP contribution < -0.4 is 0 Å². The number of aliphatic carboxylic acids is 1. The Bertz CT molecular complexity index is 533. The zero-order chi connectivity index (χ0) is 11.7. The van der Waals surface area contributed by atoms with E-state index in [4.69, 9.17) is 5.11 Å². The molecule has 0 aliphatic carbocycles. The molecule has 2 nitrogen and oxygen atoms in total. The lowest BCUT2D eigenvalue weighted by molar-refractivity contribution is -0.141. The molecule has 1 aromatic carbocycles. The molecule has 0 spiro atoms. The largest absolute Gasteiger partial charge is 0.481 e. The number of benzene rings is 1. The third-order valence-corrected chi connectivity index (χ3v) is 3.63. The van der Waals surface area contributed by atoms with E-state index < -0.39 is 11.9 Å². The molecule has 1 unspecified atom stereocenters. The van der Waals surface area contributed by atoms with E-state index in [1.807, 2.05) is 11.4 Å². The van der Waals surface area contributed by atoms with Crippen LogP contribution >= 0.6 is 11.3 Å². The van der Waals surface area contributed by atoms with Gasteiger partial charge in [0.1, 0.15) is 5.82 Å². The van der Waals surface area contributed by atoms with Gasteiger partial charge in [0.15, 0.2) is 0 Å². The van der Waals surface area contributed by atoms with Crippen molar-refractivity contribution in [2.45, 2.75) is 13.3 Å². The average molecular weight is 238 g/mol. The molecule has 16 heavy (non-hydrogen) atoms. The number of fused-ring (bicyclic) bond motifs is 1. The minimum Gasteiger partial charge on any atom is -0.481 e. The van der Waals surface area contributed by atoms with Crippen molar-refractivity contribution in [1.29, 1.82) is 0 Å². The van der Waals surface area contributed by atoms with Crippen LogP contribution in [0.15, 0.2) is 23.6 Å². The molecule has 0 bridgehead atoms. The fourth-order valence-corrected chi connectivity index (χ4v) is 2.64. The van der Waals surface area contributed by atoms with Crippen LogP contribution in [0.5, 0.6) is 0 Å². The van der Waals surface area contributed by atoms with E-state index in [-0.39, 0.29) is 5.82 Å². The number of thiophene rings is 1. The van der Waals surface area contributed by atoms with Gasteiger partial charge in [0.25, 0.3) is 0 Å². The maximum Gasteiger partial charge on any atom is 0.306 e. The highest BCUT2D eigenvalue weighted by Crippen LogP contribution is 2.29. The van der Waals surface area contributed by atoms with E-state index in [9.17, 15) is 9.18 Å². The summed E-state index contributed by atoms with van der Waals surface area (Å²) in [4.78, 5) is 10.8. The summed E-state index contributed by atoms with van der Waals surface area (Å²) >= 11 is 1.33. The van der Waals surface area contributed by atoms with Crippen LogP contribution in [0.4, 0.5) is 4.39 Å². The summed E-state index contributed by atoms with van der Waals surface area (Å²) in [6.07, 6.45) is 0.443. The molecular weight excluding hydrogens is 227 g/mol. The Morgan fingerprint density at radius 3 is 3.00 bits per heavy atom. The number of carboxylic acids is 1. The number of hydrogen-bond donors (Lipinski definition) is 1. The monoisotopic (exact) mass is 238 g/mol. The van der Waals surface area contributed by atoms with E-state index in [1.165, 1.54) is 17.4 Å². The van der Waals surface area contributed by atoms with E-state index >= 15 is 0 Å². The fourth-order valence-electron chi connectivity index (χ4n) is 1.65. The van der Waals surface area contributed by atoms with Gasteiger partial charge < -0.3 is 5.11 Å². The van der Waals surface area contributed by atoms with Crippen molar-refractivity contribution < 1.29 is 14.3 Å². The molecule has 0 radical (unpaired) electrons. The molecule has 0 fully saturated rings. The lowest BCUT2D eigenvalue weighted by Gasteiger charge is -2.04. The second-order valence-corrected chi connectivity index (χ2v) is 4.70. The van der Waals surface area contributed by atoms with Gasteiger partial charge >= 0.3 is 5.97 Å². The molecular formula is C12H11FO2S. The molecule has 0 saturated carbocycles. The highest BCUT2D eigenvalue weighted by Gasteiger charge is 2.15. The van der Waals surface area contributed by atoms with Crippen LogP contribution in [-0.2, 0) is 11.2 Å². The standard InChI is InChI=1S/C12H11FO2S/c1-7(12(14)15)5-8-6-16-11-9(8)3-2-4-10(11)13/h2-4,6-7H,5H2,1H3,(H,14,15). The van der Waals surface area contributed by atoms with E-state index in [0.29, 0.717) is 11.1 Å². The van der Waals surface area contributed by atoms with Crippen molar-refractivity contribution in [1.82, 2.24) is 0 Å².